The first-order valence-electron chi connectivity index (χ1n) is 7.66. The minimum Gasteiger partial charge on any atom is -0.404 e. The molecule has 0 bridgehead atoms. The minimum atomic E-state index is -0.312. The van der Waals surface area contributed by atoms with Crippen LogP contribution in [0.4, 0.5) is 4.39 Å². The van der Waals surface area contributed by atoms with Crippen molar-refractivity contribution in [3.63, 3.8) is 0 Å². The monoisotopic (exact) mass is 305 g/mol. The van der Waals surface area contributed by atoms with Gasteiger partial charge >= 0.3 is 0 Å². The summed E-state index contributed by atoms with van der Waals surface area (Å²) in [4.78, 5) is 17.1. The number of aldehydes is 1. The lowest BCUT2D eigenvalue weighted by Crippen LogP contribution is -2.57. The summed E-state index contributed by atoms with van der Waals surface area (Å²) in [5.74, 6) is 0.130. The van der Waals surface area contributed by atoms with Crippen molar-refractivity contribution in [2.75, 3.05) is 0 Å². The Hall–Kier alpha value is -1.68. The van der Waals surface area contributed by atoms with E-state index in [9.17, 15) is 9.18 Å². The van der Waals surface area contributed by atoms with Crippen LogP contribution in [0.25, 0.3) is 5.76 Å². The lowest BCUT2D eigenvalue weighted by atomic mass is 9.82. The number of benzene rings is 1. The molecule has 0 atom stereocenters. The molecule has 22 heavy (non-hydrogen) atoms. The average molecular weight is 305 g/mol. The lowest BCUT2D eigenvalue weighted by Gasteiger charge is -2.51. The van der Waals surface area contributed by atoms with Crippen molar-refractivity contribution < 1.29 is 14.0 Å². The Balaban J connectivity index is 2.32. The molecule has 1 saturated heterocycles. The van der Waals surface area contributed by atoms with E-state index < -0.39 is 0 Å². The van der Waals surface area contributed by atoms with Crippen LogP contribution in [0.15, 0.2) is 30.3 Å². The Bertz CT molecular complexity index is 545. The molecule has 0 saturated carbocycles. The summed E-state index contributed by atoms with van der Waals surface area (Å²) in [6, 6.07) is 5.97. The molecular formula is C18H24FNO2. The summed E-state index contributed by atoms with van der Waals surface area (Å²) in [5.41, 5.74) is 0.415. The number of hydroxylamine groups is 2. The van der Waals surface area contributed by atoms with Crippen molar-refractivity contribution >= 4 is 12.0 Å². The molecule has 0 aromatic heterocycles. The highest BCUT2D eigenvalue weighted by molar-refractivity contribution is 5.78. The molecule has 1 aliphatic heterocycles. The van der Waals surface area contributed by atoms with Crippen LogP contribution in [0.2, 0.25) is 0 Å². The van der Waals surface area contributed by atoms with E-state index in [1.54, 1.807) is 12.1 Å². The summed E-state index contributed by atoms with van der Waals surface area (Å²) in [5, 5.41) is 1.97. The highest BCUT2D eigenvalue weighted by atomic mass is 19.1. The number of carbonyl (C=O) groups excluding carboxylic acids is 1. The van der Waals surface area contributed by atoms with Gasteiger partial charge in [-0.3, -0.25) is 4.79 Å². The number of piperidine rings is 1. The van der Waals surface area contributed by atoms with Gasteiger partial charge in [-0.15, -0.1) is 5.06 Å². The Morgan fingerprint density at radius 1 is 1.14 bits per heavy atom. The molecule has 0 spiro atoms. The van der Waals surface area contributed by atoms with Gasteiger partial charge in [0.05, 0.1) is 11.1 Å². The molecule has 2 rings (SSSR count). The smallest absolute Gasteiger partial charge is 0.157 e. The fraction of sp³-hybridized carbons (Fsp3) is 0.500. The Labute approximate surface area is 131 Å². The molecule has 120 valence electrons. The molecule has 1 aromatic carbocycles. The van der Waals surface area contributed by atoms with Crippen molar-refractivity contribution in [3.05, 3.63) is 41.7 Å². The predicted octanol–water partition coefficient (Wildman–Crippen LogP) is 4.34. The predicted molar refractivity (Wildman–Crippen MR) is 85.4 cm³/mol. The minimum absolute atomic E-state index is 0.135. The van der Waals surface area contributed by atoms with Crippen molar-refractivity contribution in [3.8, 4) is 0 Å². The first-order valence-corrected chi connectivity index (χ1v) is 7.66. The summed E-state index contributed by atoms with van der Waals surface area (Å²) in [6.45, 7) is 8.54. The maximum absolute atomic E-state index is 13.1. The third-order valence-corrected chi connectivity index (χ3v) is 4.21. The van der Waals surface area contributed by atoms with Crippen LogP contribution in [0.1, 0.15) is 52.5 Å². The number of carbonyl (C=O) groups is 1. The largest absolute Gasteiger partial charge is 0.404 e. The average Bonchev–Trinajstić information content (AvgIpc) is 2.42. The molecule has 1 fully saturated rings. The van der Waals surface area contributed by atoms with Crippen LogP contribution in [-0.4, -0.2) is 22.4 Å². The molecular weight excluding hydrogens is 281 g/mol. The van der Waals surface area contributed by atoms with Crippen LogP contribution in [0, 0.1) is 5.82 Å². The Morgan fingerprint density at radius 3 is 2.18 bits per heavy atom. The van der Waals surface area contributed by atoms with Crippen LogP contribution < -0.4 is 0 Å². The molecule has 0 aliphatic carbocycles. The van der Waals surface area contributed by atoms with Crippen molar-refractivity contribution in [2.24, 2.45) is 0 Å². The quantitative estimate of drug-likeness (QED) is 0.471. The van der Waals surface area contributed by atoms with E-state index in [4.69, 9.17) is 4.84 Å². The summed E-state index contributed by atoms with van der Waals surface area (Å²) < 4.78 is 13.1. The zero-order valence-corrected chi connectivity index (χ0v) is 13.7. The van der Waals surface area contributed by atoms with Gasteiger partial charge in [0.2, 0.25) is 0 Å². The van der Waals surface area contributed by atoms with Crippen LogP contribution >= 0.6 is 0 Å². The van der Waals surface area contributed by atoms with Gasteiger partial charge < -0.3 is 4.84 Å². The van der Waals surface area contributed by atoms with Crippen LogP contribution in [-0.2, 0) is 9.63 Å². The molecule has 0 amide bonds. The highest BCUT2D eigenvalue weighted by Gasteiger charge is 2.43. The van der Waals surface area contributed by atoms with E-state index in [-0.39, 0.29) is 16.9 Å². The van der Waals surface area contributed by atoms with E-state index in [0.717, 1.165) is 19.3 Å². The van der Waals surface area contributed by atoms with Gasteiger partial charge in [-0.05, 0) is 71.2 Å². The Kier molecular flexibility index (Phi) is 4.71. The third kappa shape index (κ3) is 3.55. The standard InChI is InChI=1S/C18H24FNO2/c1-17(2)11-5-12-18(3,4)20(17)22-16(10-13-21)14-6-8-15(19)9-7-14/h6-10,13H,5,11-12H2,1-4H3/b16-10+. The first kappa shape index (κ1) is 16.7. The molecule has 0 N–H and O–H groups in total. The third-order valence-electron chi connectivity index (χ3n) is 4.21. The van der Waals surface area contributed by atoms with Gasteiger partial charge in [-0.25, -0.2) is 4.39 Å². The van der Waals surface area contributed by atoms with E-state index >= 15 is 0 Å². The van der Waals surface area contributed by atoms with Gasteiger partial charge in [0.25, 0.3) is 0 Å². The fourth-order valence-corrected chi connectivity index (χ4v) is 3.18. The van der Waals surface area contributed by atoms with Crippen molar-refractivity contribution in [2.45, 2.75) is 58.0 Å². The summed E-state index contributed by atoms with van der Waals surface area (Å²) in [6.07, 6.45) is 5.27. The number of hydrogen-bond donors (Lipinski definition) is 0. The molecule has 1 heterocycles. The van der Waals surface area contributed by atoms with E-state index in [1.807, 2.05) is 5.06 Å². The second-order valence-electron chi connectivity index (χ2n) is 7.04. The van der Waals surface area contributed by atoms with Crippen LogP contribution in [0.5, 0.6) is 0 Å². The van der Waals surface area contributed by atoms with Gasteiger partial charge in [0, 0.05) is 11.6 Å². The topological polar surface area (TPSA) is 29.5 Å². The first-order chi connectivity index (χ1) is 10.3. The van der Waals surface area contributed by atoms with E-state index in [1.165, 1.54) is 18.2 Å². The number of hydrogen-bond acceptors (Lipinski definition) is 3. The van der Waals surface area contributed by atoms with Crippen molar-refractivity contribution in [1.29, 1.82) is 0 Å². The molecule has 1 aromatic rings. The maximum atomic E-state index is 13.1. The zero-order valence-electron chi connectivity index (χ0n) is 13.7. The molecule has 0 unspecified atom stereocenters. The van der Waals surface area contributed by atoms with Gasteiger partial charge in [0.15, 0.2) is 5.76 Å². The zero-order chi connectivity index (χ0) is 16.4. The van der Waals surface area contributed by atoms with Gasteiger partial charge in [-0.2, -0.15) is 0 Å². The molecule has 3 nitrogen and oxygen atoms in total. The van der Waals surface area contributed by atoms with E-state index in [2.05, 4.69) is 27.7 Å². The second kappa shape index (κ2) is 6.21. The molecule has 1 aliphatic rings. The second-order valence-corrected chi connectivity index (χ2v) is 7.04. The number of rotatable bonds is 4. The van der Waals surface area contributed by atoms with Gasteiger partial charge in [0.1, 0.15) is 12.1 Å². The Morgan fingerprint density at radius 2 is 1.68 bits per heavy atom. The summed E-state index contributed by atoms with van der Waals surface area (Å²) >= 11 is 0. The number of allylic oxidation sites excluding steroid dienone is 1. The molecule has 0 radical (unpaired) electrons. The normalized spacial score (nSPS) is 21.4. The number of halogens is 1. The molecule has 4 heteroatoms. The highest BCUT2D eigenvalue weighted by Crippen LogP contribution is 2.40. The summed E-state index contributed by atoms with van der Waals surface area (Å²) in [7, 11) is 0. The van der Waals surface area contributed by atoms with E-state index in [0.29, 0.717) is 17.6 Å². The number of nitrogens with zero attached hydrogens (tertiary/aromatic N) is 1. The maximum Gasteiger partial charge on any atom is 0.157 e. The van der Waals surface area contributed by atoms with Crippen molar-refractivity contribution in [1.82, 2.24) is 5.06 Å². The van der Waals surface area contributed by atoms with Crippen LogP contribution in [0.3, 0.4) is 0 Å². The fourth-order valence-electron chi connectivity index (χ4n) is 3.18. The SMILES string of the molecule is CC1(C)CCCC(C)(C)N1O/C(=C/C=O)c1ccc(F)cc1. The van der Waals surface area contributed by atoms with Gasteiger partial charge in [-0.1, -0.05) is 0 Å². The lowest BCUT2D eigenvalue weighted by molar-refractivity contribution is -0.236.